The number of aromatic nitrogens is 1. The number of nitrogens with one attached hydrogen (secondary N) is 1. The Morgan fingerprint density at radius 2 is 2.47 bits per heavy atom. The number of carbonyl (C=O) groups is 1. The molecule has 0 amide bonds. The smallest absolute Gasteiger partial charge is 0.357 e. The molecule has 1 rings (SSSR count). The summed E-state index contributed by atoms with van der Waals surface area (Å²) in [6, 6.07) is 0.163. The first-order valence-electron chi connectivity index (χ1n) is 4.74. The molecule has 0 aliphatic rings. The SMILES string of the molecule is CCC(O)CCNc1nc(C(=O)O)co1. The lowest BCUT2D eigenvalue weighted by atomic mass is 10.2. The fraction of sp³-hybridized carbons (Fsp3) is 0.556. The first-order valence-corrected chi connectivity index (χ1v) is 4.74. The van der Waals surface area contributed by atoms with Crippen LogP contribution in [0.15, 0.2) is 10.7 Å². The fourth-order valence-electron chi connectivity index (χ4n) is 1.00. The molecule has 1 unspecified atom stereocenters. The second-order valence-electron chi connectivity index (χ2n) is 3.12. The van der Waals surface area contributed by atoms with Crippen molar-refractivity contribution in [3.8, 4) is 0 Å². The van der Waals surface area contributed by atoms with E-state index in [1.54, 1.807) is 0 Å². The van der Waals surface area contributed by atoms with Crippen LogP contribution < -0.4 is 5.32 Å². The molecular weight excluding hydrogens is 200 g/mol. The van der Waals surface area contributed by atoms with Gasteiger partial charge in [-0.05, 0) is 12.8 Å². The normalized spacial score (nSPS) is 12.4. The molecule has 6 nitrogen and oxygen atoms in total. The molecule has 3 N–H and O–H groups in total. The van der Waals surface area contributed by atoms with Gasteiger partial charge in [0.25, 0.3) is 6.01 Å². The number of rotatable bonds is 6. The van der Waals surface area contributed by atoms with E-state index in [0.717, 1.165) is 6.26 Å². The molecule has 0 aliphatic carbocycles. The Morgan fingerprint density at radius 1 is 1.73 bits per heavy atom. The van der Waals surface area contributed by atoms with Crippen LogP contribution in [-0.2, 0) is 0 Å². The first kappa shape index (κ1) is 11.5. The number of aromatic carboxylic acids is 1. The van der Waals surface area contributed by atoms with E-state index in [9.17, 15) is 9.90 Å². The van der Waals surface area contributed by atoms with E-state index >= 15 is 0 Å². The van der Waals surface area contributed by atoms with Gasteiger partial charge >= 0.3 is 5.97 Å². The number of hydrogen-bond acceptors (Lipinski definition) is 5. The summed E-state index contributed by atoms with van der Waals surface area (Å²) in [4.78, 5) is 14.1. The number of carboxylic acid groups (broad SMARTS) is 1. The molecular formula is C9H14N2O4. The summed E-state index contributed by atoms with van der Waals surface area (Å²) < 4.78 is 4.86. The molecule has 0 saturated heterocycles. The third-order valence-corrected chi connectivity index (χ3v) is 1.95. The molecule has 1 aromatic rings. The molecule has 15 heavy (non-hydrogen) atoms. The molecule has 1 aromatic heterocycles. The molecule has 0 fully saturated rings. The van der Waals surface area contributed by atoms with Crippen molar-refractivity contribution in [2.45, 2.75) is 25.9 Å². The molecule has 0 spiro atoms. The van der Waals surface area contributed by atoms with E-state index in [0.29, 0.717) is 19.4 Å². The maximum Gasteiger partial charge on any atom is 0.357 e. The summed E-state index contributed by atoms with van der Waals surface area (Å²) in [7, 11) is 0. The zero-order chi connectivity index (χ0) is 11.3. The third-order valence-electron chi connectivity index (χ3n) is 1.95. The van der Waals surface area contributed by atoms with E-state index in [2.05, 4.69) is 10.3 Å². The Morgan fingerprint density at radius 3 is 3.00 bits per heavy atom. The van der Waals surface area contributed by atoms with Crippen LogP contribution in [0.4, 0.5) is 6.01 Å². The molecule has 0 aromatic carbocycles. The zero-order valence-corrected chi connectivity index (χ0v) is 8.43. The summed E-state index contributed by atoms with van der Waals surface area (Å²) in [6.07, 6.45) is 1.97. The molecule has 1 heterocycles. The van der Waals surface area contributed by atoms with Crippen molar-refractivity contribution in [2.75, 3.05) is 11.9 Å². The van der Waals surface area contributed by atoms with Gasteiger partial charge in [0.05, 0.1) is 6.10 Å². The van der Waals surface area contributed by atoms with Crippen LogP contribution in [0, 0.1) is 0 Å². The highest BCUT2D eigenvalue weighted by molar-refractivity contribution is 5.85. The minimum absolute atomic E-state index is 0.131. The van der Waals surface area contributed by atoms with Gasteiger partial charge in [0.2, 0.25) is 0 Å². The summed E-state index contributed by atoms with van der Waals surface area (Å²) in [5.74, 6) is -1.12. The molecule has 0 radical (unpaired) electrons. The minimum atomic E-state index is -1.12. The van der Waals surface area contributed by atoms with Crippen LogP contribution in [0.3, 0.4) is 0 Å². The number of nitrogens with zero attached hydrogens (tertiary/aromatic N) is 1. The van der Waals surface area contributed by atoms with Crippen molar-refractivity contribution >= 4 is 12.0 Å². The number of aliphatic hydroxyl groups is 1. The molecule has 84 valence electrons. The van der Waals surface area contributed by atoms with Gasteiger partial charge in [0, 0.05) is 6.54 Å². The van der Waals surface area contributed by atoms with Gasteiger partial charge in [-0.2, -0.15) is 4.98 Å². The van der Waals surface area contributed by atoms with Crippen molar-refractivity contribution < 1.29 is 19.4 Å². The van der Waals surface area contributed by atoms with Crippen LogP contribution >= 0.6 is 0 Å². The van der Waals surface area contributed by atoms with E-state index in [1.807, 2.05) is 6.92 Å². The highest BCUT2D eigenvalue weighted by Crippen LogP contribution is 2.07. The van der Waals surface area contributed by atoms with Gasteiger partial charge in [-0.1, -0.05) is 6.92 Å². The molecule has 6 heteroatoms. The first-order chi connectivity index (χ1) is 7.13. The van der Waals surface area contributed by atoms with Crippen LogP contribution in [-0.4, -0.2) is 33.8 Å². The lowest BCUT2D eigenvalue weighted by molar-refractivity contribution is 0.0690. The van der Waals surface area contributed by atoms with Crippen molar-refractivity contribution in [3.63, 3.8) is 0 Å². The average Bonchev–Trinajstić information content (AvgIpc) is 2.66. The zero-order valence-electron chi connectivity index (χ0n) is 8.43. The number of anilines is 1. The van der Waals surface area contributed by atoms with E-state index in [1.165, 1.54) is 0 Å². The number of oxazole rings is 1. The monoisotopic (exact) mass is 214 g/mol. The average molecular weight is 214 g/mol. The van der Waals surface area contributed by atoms with Crippen molar-refractivity contribution in [1.82, 2.24) is 4.98 Å². The molecule has 0 saturated carbocycles. The van der Waals surface area contributed by atoms with Gasteiger partial charge in [-0.3, -0.25) is 0 Å². The predicted octanol–water partition coefficient (Wildman–Crippen LogP) is 0.946. The van der Waals surface area contributed by atoms with Gasteiger partial charge in [0.1, 0.15) is 6.26 Å². The van der Waals surface area contributed by atoms with Crippen LogP contribution in [0.1, 0.15) is 30.3 Å². The maximum atomic E-state index is 10.5. The quantitative estimate of drug-likeness (QED) is 0.652. The Hall–Kier alpha value is -1.56. The standard InChI is InChI=1S/C9H14N2O4/c1-2-6(12)3-4-10-9-11-7(5-15-9)8(13)14/h5-6,12H,2-4H2,1H3,(H,10,11)(H,13,14). The van der Waals surface area contributed by atoms with Crippen molar-refractivity contribution in [1.29, 1.82) is 0 Å². The molecule has 0 aliphatic heterocycles. The Balaban J connectivity index is 2.35. The van der Waals surface area contributed by atoms with Gasteiger partial charge in [-0.25, -0.2) is 4.79 Å². The maximum absolute atomic E-state index is 10.5. The summed E-state index contributed by atoms with van der Waals surface area (Å²) in [5.41, 5.74) is -0.131. The summed E-state index contributed by atoms with van der Waals surface area (Å²) in [6.45, 7) is 2.38. The Bertz CT molecular complexity index is 324. The fourth-order valence-corrected chi connectivity index (χ4v) is 1.00. The second-order valence-corrected chi connectivity index (χ2v) is 3.12. The van der Waals surface area contributed by atoms with Gasteiger partial charge in [0.15, 0.2) is 5.69 Å². The van der Waals surface area contributed by atoms with E-state index in [4.69, 9.17) is 9.52 Å². The van der Waals surface area contributed by atoms with Crippen LogP contribution in [0.5, 0.6) is 0 Å². The van der Waals surface area contributed by atoms with Crippen molar-refractivity contribution in [3.05, 3.63) is 12.0 Å². The van der Waals surface area contributed by atoms with Gasteiger partial charge < -0.3 is 19.9 Å². The van der Waals surface area contributed by atoms with E-state index in [-0.39, 0.29) is 17.8 Å². The Kier molecular flexibility index (Phi) is 4.11. The largest absolute Gasteiger partial charge is 0.476 e. The van der Waals surface area contributed by atoms with Crippen LogP contribution in [0.2, 0.25) is 0 Å². The summed E-state index contributed by atoms with van der Waals surface area (Å²) >= 11 is 0. The topological polar surface area (TPSA) is 95.6 Å². The van der Waals surface area contributed by atoms with E-state index < -0.39 is 5.97 Å². The Labute approximate surface area is 86.9 Å². The van der Waals surface area contributed by atoms with Gasteiger partial charge in [-0.15, -0.1) is 0 Å². The van der Waals surface area contributed by atoms with Crippen LogP contribution in [0.25, 0.3) is 0 Å². The number of carboxylic acids is 1. The van der Waals surface area contributed by atoms with Crippen molar-refractivity contribution in [2.24, 2.45) is 0 Å². The number of aliphatic hydroxyl groups excluding tert-OH is 1. The molecule has 0 bridgehead atoms. The highest BCUT2D eigenvalue weighted by atomic mass is 16.4. The lowest BCUT2D eigenvalue weighted by Crippen LogP contribution is -2.12. The predicted molar refractivity (Wildman–Crippen MR) is 52.9 cm³/mol. The molecule has 1 atom stereocenters. The number of hydrogen-bond donors (Lipinski definition) is 3. The minimum Gasteiger partial charge on any atom is -0.476 e. The summed E-state index contributed by atoms with van der Waals surface area (Å²) in [5, 5.41) is 20.6. The highest BCUT2D eigenvalue weighted by Gasteiger charge is 2.09. The lowest BCUT2D eigenvalue weighted by Gasteiger charge is -2.06. The second kappa shape index (κ2) is 5.35. The third kappa shape index (κ3) is 3.59.